The third kappa shape index (κ3) is 5.06. The molecule has 0 aliphatic rings. The van der Waals surface area contributed by atoms with E-state index in [0.717, 1.165) is 16.9 Å². The minimum atomic E-state index is -0.500. The Morgan fingerprint density at radius 2 is 1.95 bits per heavy atom. The first-order valence-corrected chi connectivity index (χ1v) is 7.42. The number of carbonyl (C=O) groups excluding carboxylic acids is 1. The van der Waals surface area contributed by atoms with Crippen molar-refractivity contribution in [3.63, 3.8) is 0 Å². The molecule has 0 aliphatic carbocycles. The molecule has 5 heteroatoms. The molecule has 0 aliphatic heterocycles. The average molecular weight is 319 g/mol. The van der Waals surface area contributed by atoms with Crippen LogP contribution in [0.2, 0.25) is 5.02 Å². The average Bonchev–Trinajstić information content (AvgIpc) is 2.51. The van der Waals surface area contributed by atoms with Crippen LogP contribution in [-0.4, -0.2) is 11.9 Å². The van der Waals surface area contributed by atoms with E-state index in [0.29, 0.717) is 18.2 Å². The van der Waals surface area contributed by atoms with Crippen LogP contribution in [0.3, 0.4) is 0 Å². The predicted molar refractivity (Wildman–Crippen MR) is 87.7 cm³/mol. The fourth-order valence-electron chi connectivity index (χ4n) is 1.85. The van der Waals surface area contributed by atoms with E-state index < -0.39 is 6.04 Å². The molecule has 116 valence electrons. The van der Waals surface area contributed by atoms with Crippen molar-refractivity contribution in [2.75, 3.05) is 0 Å². The van der Waals surface area contributed by atoms with E-state index in [4.69, 9.17) is 22.1 Å². The highest BCUT2D eigenvalue weighted by molar-refractivity contribution is 6.30. The highest BCUT2D eigenvalue weighted by Gasteiger charge is 2.06. The number of hydrogen-bond acceptors (Lipinski definition) is 3. The largest absolute Gasteiger partial charge is 0.489 e. The quantitative estimate of drug-likeness (QED) is 0.860. The fraction of sp³-hybridized carbons (Fsp3) is 0.235. The summed E-state index contributed by atoms with van der Waals surface area (Å²) in [5.74, 6) is 0.600. The number of nitrogens with two attached hydrogens (primary N) is 1. The first kappa shape index (κ1) is 16.3. The highest BCUT2D eigenvalue weighted by atomic mass is 35.5. The molecule has 0 radical (unpaired) electrons. The summed E-state index contributed by atoms with van der Waals surface area (Å²) < 4.78 is 5.70. The van der Waals surface area contributed by atoms with Crippen molar-refractivity contribution < 1.29 is 9.53 Å². The first-order valence-electron chi connectivity index (χ1n) is 7.04. The molecule has 0 bridgehead atoms. The van der Waals surface area contributed by atoms with Gasteiger partial charge in [0.25, 0.3) is 0 Å². The Morgan fingerprint density at radius 1 is 1.23 bits per heavy atom. The van der Waals surface area contributed by atoms with Crippen LogP contribution in [-0.2, 0) is 17.9 Å². The number of benzene rings is 2. The van der Waals surface area contributed by atoms with E-state index >= 15 is 0 Å². The van der Waals surface area contributed by atoms with Gasteiger partial charge in [-0.15, -0.1) is 0 Å². The highest BCUT2D eigenvalue weighted by Crippen LogP contribution is 2.16. The topological polar surface area (TPSA) is 64.4 Å². The Balaban J connectivity index is 1.85. The van der Waals surface area contributed by atoms with Crippen LogP contribution in [0, 0.1) is 0 Å². The van der Waals surface area contributed by atoms with E-state index in [1.165, 1.54) is 0 Å². The van der Waals surface area contributed by atoms with Gasteiger partial charge in [-0.05, 0) is 42.3 Å². The molecule has 3 N–H and O–H groups in total. The van der Waals surface area contributed by atoms with E-state index in [-0.39, 0.29) is 5.91 Å². The van der Waals surface area contributed by atoms with Gasteiger partial charge >= 0.3 is 0 Å². The van der Waals surface area contributed by atoms with Gasteiger partial charge in [0.05, 0.1) is 6.04 Å². The van der Waals surface area contributed by atoms with Crippen LogP contribution >= 0.6 is 11.6 Å². The Labute approximate surface area is 135 Å². The molecule has 1 unspecified atom stereocenters. The van der Waals surface area contributed by atoms with E-state index in [1.54, 1.807) is 6.92 Å². The molecule has 0 saturated carbocycles. The van der Waals surface area contributed by atoms with Crippen molar-refractivity contribution in [3.05, 3.63) is 64.7 Å². The van der Waals surface area contributed by atoms with Crippen molar-refractivity contribution in [3.8, 4) is 5.75 Å². The number of nitrogens with one attached hydrogen (secondary N) is 1. The van der Waals surface area contributed by atoms with Gasteiger partial charge in [0.1, 0.15) is 12.4 Å². The zero-order chi connectivity index (χ0) is 15.9. The number of rotatable bonds is 6. The van der Waals surface area contributed by atoms with Crippen LogP contribution in [0.4, 0.5) is 0 Å². The molecule has 1 amide bonds. The van der Waals surface area contributed by atoms with Gasteiger partial charge in [-0.1, -0.05) is 35.9 Å². The third-order valence-electron chi connectivity index (χ3n) is 3.10. The fourth-order valence-corrected chi connectivity index (χ4v) is 2.06. The van der Waals surface area contributed by atoms with Crippen LogP contribution in [0.15, 0.2) is 48.5 Å². The molecule has 0 spiro atoms. The molecule has 4 nitrogen and oxygen atoms in total. The molecule has 0 heterocycles. The van der Waals surface area contributed by atoms with Crippen molar-refractivity contribution >= 4 is 17.5 Å². The summed E-state index contributed by atoms with van der Waals surface area (Å²) in [6.45, 7) is 2.57. The van der Waals surface area contributed by atoms with Gasteiger partial charge in [-0.25, -0.2) is 0 Å². The molecular formula is C17H19ClN2O2. The number of ether oxygens (including phenoxy) is 1. The second-order valence-corrected chi connectivity index (χ2v) is 5.51. The Kier molecular flexibility index (Phi) is 5.81. The summed E-state index contributed by atoms with van der Waals surface area (Å²) >= 11 is 5.93. The molecule has 1 atom stereocenters. The summed E-state index contributed by atoms with van der Waals surface area (Å²) in [4.78, 5) is 11.4. The standard InChI is InChI=1S/C17H19ClN2O2/c1-12(19)17(21)20-10-13-5-7-16(8-6-13)22-11-14-3-2-4-15(18)9-14/h2-9,12H,10-11,19H2,1H3,(H,20,21). The van der Waals surface area contributed by atoms with Crippen LogP contribution < -0.4 is 15.8 Å². The SMILES string of the molecule is CC(N)C(=O)NCc1ccc(OCc2cccc(Cl)c2)cc1. The molecule has 2 rings (SSSR count). The minimum Gasteiger partial charge on any atom is -0.489 e. The summed E-state index contributed by atoms with van der Waals surface area (Å²) in [6, 6.07) is 14.6. The first-order chi connectivity index (χ1) is 10.5. The van der Waals surface area contributed by atoms with Crippen LogP contribution in [0.5, 0.6) is 5.75 Å². The molecule has 0 fully saturated rings. The van der Waals surface area contributed by atoms with Gasteiger partial charge in [0.15, 0.2) is 0 Å². The molecule has 0 saturated heterocycles. The zero-order valence-electron chi connectivity index (χ0n) is 12.4. The second-order valence-electron chi connectivity index (χ2n) is 5.07. The lowest BCUT2D eigenvalue weighted by atomic mass is 10.2. The third-order valence-corrected chi connectivity index (χ3v) is 3.33. The van der Waals surface area contributed by atoms with Crippen molar-refractivity contribution in [2.45, 2.75) is 26.1 Å². The summed E-state index contributed by atoms with van der Waals surface area (Å²) in [5, 5.41) is 3.46. The maximum Gasteiger partial charge on any atom is 0.236 e. The van der Waals surface area contributed by atoms with Crippen molar-refractivity contribution in [1.29, 1.82) is 0 Å². The lowest BCUT2D eigenvalue weighted by molar-refractivity contribution is -0.122. The molecule has 2 aromatic rings. The van der Waals surface area contributed by atoms with Gasteiger partial charge in [-0.2, -0.15) is 0 Å². The second kappa shape index (κ2) is 7.82. The van der Waals surface area contributed by atoms with Gasteiger partial charge in [0.2, 0.25) is 5.91 Å². The maximum atomic E-state index is 11.4. The van der Waals surface area contributed by atoms with Crippen molar-refractivity contribution in [2.24, 2.45) is 5.73 Å². The lowest BCUT2D eigenvalue weighted by Gasteiger charge is -2.09. The summed E-state index contributed by atoms with van der Waals surface area (Å²) in [6.07, 6.45) is 0. The lowest BCUT2D eigenvalue weighted by Crippen LogP contribution is -2.37. The molecule has 0 aromatic heterocycles. The number of carbonyl (C=O) groups is 1. The van der Waals surface area contributed by atoms with Crippen LogP contribution in [0.25, 0.3) is 0 Å². The Hall–Kier alpha value is -2.04. The minimum absolute atomic E-state index is 0.165. The van der Waals surface area contributed by atoms with E-state index in [1.807, 2.05) is 48.5 Å². The zero-order valence-corrected chi connectivity index (χ0v) is 13.1. The Morgan fingerprint density at radius 3 is 2.59 bits per heavy atom. The monoisotopic (exact) mass is 318 g/mol. The van der Waals surface area contributed by atoms with Crippen molar-refractivity contribution in [1.82, 2.24) is 5.32 Å². The number of hydrogen-bond donors (Lipinski definition) is 2. The summed E-state index contributed by atoms with van der Waals surface area (Å²) in [7, 11) is 0. The van der Waals surface area contributed by atoms with Gasteiger partial charge in [0, 0.05) is 11.6 Å². The molecular weight excluding hydrogens is 300 g/mol. The van der Waals surface area contributed by atoms with Gasteiger partial charge < -0.3 is 15.8 Å². The van der Waals surface area contributed by atoms with E-state index in [2.05, 4.69) is 5.32 Å². The Bertz CT molecular complexity index is 627. The summed E-state index contributed by atoms with van der Waals surface area (Å²) in [5.41, 5.74) is 7.49. The number of halogens is 1. The molecule has 2 aromatic carbocycles. The predicted octanol–water partition coefficient (Wildman–Crippen LogP) is 2.88. The smallest absolute Gasteiger partial charge is 0.236 e. The van der Waals surface area contributed by atoms with Gasteiger partial charge in [-0.3, -0.25) is 4.79 Å². The normalized spacial score (nSPS) is 11.8. The van der Waals surface area contributed by atoms with Crippen LogP contribution in [0.1, 0.15) is 18.1 Å². The number of amides is 1. The maximum absolute atomic E-state index is 11.4. The van der Waals surface area contributed by atoms with E-state index in [9.17, 15) is 4.79 Å². The molecule has 22 heavy (non-hydrogen) atoms.